The molecule has 0 spiro atoms. The number of benzene rings is 1. The maximum Gasteiger partial charge on any atom is 0.118 e. The Morgan fingerprint density at radius 3 is 2.71 bits per heavy atom. The molecule has 0 saturated carbocycles. The molecule has 0 radical (unpaired) electrons. The van der Waals surface area contributed by atoms with Gasteiger partial charge in [0.2, 0.25) is 0 Å². The third kappa shape index (κ3) is 2.85. The molecule has 0 bridgehead atoms. The van der Waals surface area contributed by atoms with E-state index in [0.717, 1.165) is 24.5 Å². The predicted octanol–water partition coefficient (Wildman–Crippen LogP) is 1.44. The molecule has 0 amide bonds. The van der Waals surface area contributed by atoms with Crippen LogP contribution in [-0.4, -0.2) is 23.2 Å². The van der Waals surface area contributed by atoms with E-state index >= 15 is 0 Å². The number of methoxy groups -OCH3 is 1. The molecule has 90 valence electrons. The number of hydrogen-bond donors (Lipinski definition) is 1. The molecule has 0 aliphatic carbocycles. The number of nitrogens with zero attached hydrogens (tertiary/aromatic N) is 2. The average molecular weight is 231 g/mol. The minimum absolute atomic E-state index is 0.631. The average Bonchev–Trinajstić information content (AvgIpc) is 2.78. The molecule has 1 aromatic heterocycles. The molecule has 0 aliphatic heterocycles. The van der Waals surface area contributed by atoms with E-state index in [1.807, 2.05) is 24.5 Å². The fourth-order valence-corrected chi connectivity index (χ4v) is 1.78. The molecule has 0 aliphatic rings. The molecule has 2 N–H and O–H groups in total. The normalized spacial score (nSPS) is 10.5. The lowest BCUT2D eigenvalue weighted by Crippen LogP contribution is -2.12. The van der Waals surface area contributed by atoms with Crippen LogP contribution in [0, 0.1) is 0 Å². The lowest BCUT2D eigenvalue weighted by atomic mass is 10.1. The summed E-state index contributed by atoms with van der Waals surface area (Å²) >= 11 is 0. The van der Waals surface area contributed by atoms with Crippen molar-refractivity contribution in [2.75, 3.05) is 13.7 Å². The number of aromatic nitrogens is 2. The van der Waals surface area contributed by atoms with Crippen molar-refractivity contribution in [3.63, 3.8) is 0 Å². The first-order valence-electron chi connectivity index (χ1n) is 5.66. The minimum Gasteiger partial charge on any atom is -0.497 e. The van der Waals surface area contributed by atoms with Gasteiger partial charge in [-0.1, -0.05) is 12.1 Å². The highest BCUT2D eigenvalue weighted by Gasteiger charge is 2.03. The SMILES string of the molecule is COc1ccc(Cc2nccn2CCN)cc1. The highest BCUT2D eigenvalue weighted by Crippen LogP contribution is 2.14. The summed E-state index contributed by atoms with van der Waals surface area (Å²) in [5, 5.41) is 0. The Morgan fingerprint density at radius 1 is 1.29 bits per heavy atom. The molecule has 0 saturated heterocycles. The van der Waals surface area contributed by atoms with E-state index in [9.17, 15) is 0 Å². The van der Waals surface area contributed by atoms with Gasteiger partial charge in [0.05, 0.1) is 7.11 Å². The van der Waals surface area contributed by atoms with E-state index in [2.05, 4.69) is 21.7 Å². The fraction of sp³-hybridized carbons (Fsp3) is 0.308. The largest absolute Gasteiger partial charge is 0.497 e. The van der Waals surface area contributed by atoms with Crippen LogP contribution in [0.2, 0.25) is 0 Å². The van der Waals surface area contributed by atoms with Crippen LogP contribution < -0.4 is 10.5 Å². The second-order valence-corrected chi connectivity index (χ2v) is 3.85. The molecule has 4 nitrogen and oxygen atoms in total. The van der Waals surface area contributed by atoms with Crippen LogP contribution in [0.15, 0.2) is 36.7 Å². The smallest absolute Gasteiger partial charge is 0.118 e. The highest BCUT2D eigenvalue weighted by atomic mass is 16.5. The van der Waals surface area contributed by atoms with Gasteiger partial charge in [0.15, 0.2) is 0 Å². The fourth-order valence-electron chi connectivity index (χ4n) is 1.78. The van der Waals surface area contributed by atoms with Crippen LogP contribution in [-0.2, 0) is 13.0 Å². The monoisotopic (exact) mass is 231 g/mol. The van der Waals surface area contributed by atoms with Gasteiger partial charge in [0.25, 0.3) is 0 Å². The zero-order valence-electron chi connectivity index (χ0n) is 9.97. The van der Waals surface area contributed by atoms with Gasteiger partial charge in [0, 0.05) is 31.9 Å². The standard InChI is InChI=1S/C13H17N3O/c1-17-12-4-2-11(3-5-12)10-13-15-7-9-16(13)8-6-14/h2-5,7,9H,6,8,10,14H2,1H3. The van der Waals surface area contributed by atoms with E-state index < -0.39 is 0 Å². The Balaban J connectivity index is 2.10. The first kappa shape index (κ1) is 11.7. The summed E-state index contributed by atoms with van der Waals surface area (Å²) in [6.45, 7) is 1.44. The van der Waals surface area contributed by atoms with Gasteiger partial charge in [-0.25, -0.2) is 4.98 Å². The number of hydrogen-bond acceptors (Lipinski definition) is 3. The Kier molecular flexibility index (Phi) is 3.77. The van der Waals surface area contributed by atoms with Crippen molar-refractivity contribution < 1.29 is 4.74 Å². The Labute approximate surface area is 101 Å². The first-order chi connectivity index (χ1) is 8.33. The zero-order chi connectivity index (χ0) is 12.1. The van der Waals surface area contributed by atoms with Crippen LogP contribution in [0.25, 0.3) is 0 Å². The quantitative estimate of drug-likeness (QED) is 0.847. The van der Waals surface area contributed by atoms with Gasteiger partial charge in [-0.2, -0.15) is 0 Å². The van der Waals surface area contributed by atoms with Crippen LogP contribution in [0.4, 0.5) is 0 Å². The summed E-state index contributed by atoms with van der Waals surface area (Å²) in [5.41, 5.74) is 6.77. The number of nitrogens with two attached hydrogens (primary N) is 1. The summed E-state index contributed by atoms with van der Waals surface area (Å²) in [6.07, 6.45) is 4.59. The number of ether oxygens (including phenoxy) is 1. The topological polar surface area (TPSA) is 53.1 Å². The highest BCUT2D eigenvalue weighted by molar-refractivity contribution is 5.28. The third-order valence-electron chi connectivity index (χ3n) is 2.69. The summed E-state index contributed by atoms with van der Waals surface area (Å²) in [6, 6.07) is 8.04. The summed E-state index contributed by atoms with van der Waals surface area (Å²) < 4.78 is 7.22. The molecule has 2 rings (SSSR count). The van der Waals surface area contributed by atoms with Crippen molar-refractivity contribution in [3.05, 3.63) is 48.0 Å². The molecule has 0 atom stereocenters. The van der Waals surface area contributed by atoms with E-state index in [1.54, 1.807) is 7.11 Å². The molecular formula is C13H17N3O. The molecule has 1 aromatic carbocycles. The molecule has 17 heavy (non-hydrogen) atoms. The molecule has 0 fully saturated rings. The number of imidazole rings is 1. The van der Waals surface area contributed by atoms with Gasteiger partial charge in [0.1, 0.15) is 11.6 Å². The van der Waals surface area contributed by atoms with Crippen molar-refractivity contribution in [2.24, 2.45) is 5.73 Å². The zero-order valence-corrected chi connectivity index (χ0v) is 9.97. The molecule has 0 unspecified atom stereocenters. The summed E-state index contributed by atoms with van der Waals surface area (Å²) in [4.78, 5) is 4.35. The van der Waals surface area contributed by atoms with Gasteiger partial charge in [-0.05, 0) is 17.7 Å². The molecular weight excluding hydrogens is 214 g/mol. The first-order valence-corrected chi connectivity index (χ1v) is 5.66. The van der Waals surface area contributed by atoms with Crippen molar-refractivity contribution >= 4 is 0 Å². The third-order valence-corrected chi connectivity index (χ3v) is 2.69. The summed E-state index contributed by atoms with van der Waals surface area (Å²) in [7, 11) is 1.67. The van der Waals surface area contributed by atoms with Gasteiger partial charge < -0.3 is 15.0 Å². The lowest BCUT2D eigenvalue weighted by molar-refractivity contribution is 0.414. The van der Waals surface area contributed by atoms with Crippen molar-refractivity contribution in [2.45, 2.75) is 13.0 Å². The molecule has 4 heteroatoms. The Morgan fingerprint density at radius 2 is 2.06 bits per heavy atom. The maximum absolute atomic E-state index is 5.55. The number of rotatable bonds is 5. The second-order valence-electron chi connectivity index (χ2n) is 3.85. The van der Waals surface area contributed by atoms with Crippen LogP contribution in [0.3, 0.4) is 0 Å². The lowest BCUT2D eigenvalue weighted by Gasteiger charge is -2.06. The minimum atomic E-state index is 0.631. The van der Waals surface area contributed by atoms with Gasteiger partial charge >= 0.3 is 0 Å². The van der Waals surface area contributed by atoms with Gasteiger partial charge in [-0.3, -0.25) is 0 Å². The van der Waals surface area contributed by atoms with Crippen molar-refractivity contribution in [1.82, 2.24) is 9.55 Å². The Bertz CT molecular complexity index is 462. The molecule has 2 aromatic rings. The van der Waals surface area contributed by atoms with Crippen LogP contribution >= 0.6 is 0 Å². The Hall–Kier alpha value is -1.81. The van der Waals surface area contributed by atoms with Gasteiger partial charge in [-0.15, -0.1) is 0 Å². The van der Waals surface area contributed by atoms with Crippen molar-refractivity contribution in [3.8, 4) is 5.75 Å². The van der Waals surface area contributed by atoms with E-state index in [1.165, 1.54) is 5.56 Å². The summed E-state index contributed by atoms with van der Waals surface area (Å²) in [5.74, 6) is 1.92. The van der Waals surface area contributed by atoms with Crippen molar-refractivity contribution in [1.29, 1.82) is 0 Å². The predicted molar refractivity (Wildman–Crippen MR) is 67.1 cm³/mol. The van der Waals surface area contributed by atoms with E-state index in [-0.39, 0.29) is 0 Å². The maximum atomic E-state index is 5.55. The molecule has 1 heterocycles. The second kappa shape index (κ2) is 5.50. The van der Waals surface area contributed by atoms with E-state index in [4.69, 9.17) is 10.5 Å². The van der Waals surface area contributed by atoms with Crippen LogP contribution in [0.1, 0.15) is 11.4 Å². The van der Waals surface area contributed by atoms with Crippen LogP contribution in [0.5, 0.6) is 5.75 Å². The van der Waals surface area contributed by atoms with E-state index in [0.29, 0.717) is 6.54 Å².